The predicted octanol–water partition coefficient (Wildman–Crippen LogP) is 4.81. The molecule has 0 amide bonds. The van der Waals surface area contributed by atoms with Gasteiger partial charge in [0.05, 0.1) is 36.3 Å². The number of nitrogens with zero attached hydrogens (tertiary/aromatic N) is 3. The van der Waals surface area contributed by atoms with E-state index in [0.717, 1.165) is 41.1 Å². The van der Waals surface area contributed by atoms with Gasteiger partial charge >= 0.3 is 0 Å². The third kappa shape index (κ3) is 6.11. The minimum Gasteiger partial charge on any atom is -0.439 e. The van der Waals surface area contributed by atoms with Crippen molar-refractivity contribution in [1.82, 2.24) is 14.7 Å². The SMILES string of the molecule is C=CCOC[C@@H](O)CN(Cc1c(C)nn(-c2ccccc2)c1Oc1cccc(C)c1)C1CC1. The van der Waals surface area contributed by atoms with Gasteiger partial charge < -0.3 is 14.6 Å². The van der Waals surface area contributed by atoms with Crippen LogP contribution in [0, 0.1) is 13.8 Å². The number of rotatable bonds is 12. The summed E-state index contributed by atoms with van der Waals surface area (Å²) in [5.41, 5.74) is 4.04. The molecule has 4 rings (SSSR count). The molecule has 2 aromatic carbocycles. The Morgan fingerprint density at radius 1 is 1.18 bits per heavy atom. The number of aliphatic hydroxyl groups excluding tert-OH is 1. The fourth-order valence-corrected chi connectivity index (χ4v) is 3.96. The highest BCUT2D eigenvalue weighted by atomic mass is 16.5. The van der Waals surface area contributed by atoms with Crippen molar-refractivity contribution in [2.45, 2.75) is 45.4 Å². The van der Waals surface area contributed by atoms with Gasteiger partial charge in [-0.05, 0) is 56.5 Å². The van der Waals surface area contributed by atoms with Crippen LogP contribution in [0.15, 0.2) is 67.3 Å². The van der Waals surface area contributed by atoms with Crippen molar-refractivity contribution < 1.29 is 14.6 Å². The van der Waals surface area contributed by atoms with Gasteiger partial charge in [-0.15, -0.1) is 6.58 Å². The van der Waals surface area contributed by atoms with Gasteiger partial charge in [0.1, 0.15) is 5.75 Å². The first-order valence-corrected chi connectivity index (χ1v) is 11.5. The number of hydrogen-bond donors (Lipinski definition) is 1. The highest BCUT2D eigenvalue weighted by Crippen LogP contribution is 2.35. The molecule has 3 aromatic rings. The molecule has 174 valence electrons. The minimum atomic E-state index is -0.559. The number of aromatic nitrogens is 2. The summed E-state index contributed by atoms with van der Waals surface area (Å²) in [6.45, 7) is 9.67. The van der Waals surface area contributed by atoms with Crippen LogP contribution in [0.2, 0.25) is 0 Å². The van der Waals surface area contributed by atoms with E-state index >= 15 is 0 Å². The van der Waals surface area contributed by atoms with Crippen molar-refractivity contribution in [3.8, 4) is 17.3 Å². The van der Waals surface area contributed by atoms with E-state index in [9.17, 15) is 5.11 Å². The van der Waals surface area contributed by atoms with Crippen molar-refractivity contribution in [2.24, 2.45) is 0 Å². The maximum absolute atomic E-state index is 10.5. The summed E-state index contributed by atoms with van der Waals surface area (Å²) in [5.74, 6) is 1.50. The summed E-state index contributed by atoms with van der Waals surface area (Å²) < 4.78 is 13.8. The molecule has 0 saturated heterocycles. The standard InChI is InChI=1S/C27H33N3O3/c1-4-15-32-19-24(31)17-29(22-13-14-22)18-26-21(3)28-30(23-10-6-5-7-11-23)27(26)33-25-12-8-9-20(2)16-25/h4-12,16,22,24,31H,1,13-15,17-19H2,2-3H3/t24-/m0/s1. The van der Waals surface area contributed by atoms with Crippen LogP contribution in [0.4, 0.5) is 0 Å². The first-order valence-electron chi connectivity index (χ1n) is 11.5. The fourth-order valence-electron chi connectivity index (χ4n) is 3.96. The number of hydrogen-bond acceptors (Lipinski definition) is 5. The number of para-hydroxylation sites is 1. The smallest absolute Gasteiger partial charge is 0.227 e. The van der Waals surface area contributed by atoms with Crippen LogP contribution in [0.3, 0.4) is 0 Å². The van der Waals surface area contributed by atoms with Crippen molar-refractivity contribution in [1.29, 1.82) is 0 Å². The number of benzene rings is 2. The van der Waals surface area contributed by atoms with Gasteiger partial charge in [0, 0.05) is 19.1 Å². The number of aryl methyl sites for hydroxylation is 2. The first-order chi connectivity index (χ1) is 16.0. The summed E-state index contributed by atoms with van der Waals surface area (Å²) in [5, 5.41) is 15.4. The van der Waals surface area contributed by atoms with E-state index in [-0.39, 0.29) is 0 Å². The lowest BCUT2D eigenvalue weighted by molar-refractivity contribution is 0.0226. The van der Waals surface area contributed by atoms with Gasteiger partial charge in [-0.3, -0.25) is 4.90 Å². The molecular weight excluding hydrogens is 414 g/mol. The molecule has 33 heavy (non-hydrogen) atoms. The molecule has 1 atom stereocenters. The Morgan fingerprint density at radius 3 is 2.67 bits per heavy atom. The summed E-state index contributed by atoms with van der Waals surface area (Å²) in [6.07, 6.45) is 3.42. The zero-order chi connectivity index (χ0) is 23.2. The first kappa shape index (κ1) is 23.2. The zero-order valence-electron chi connectivity index (χ0n) is 19.5. The molecular formula is C27H33N3O3. The average molecular weight is 448 g/mol. The van der Waals surface area contributed by atoms with E-state index in [1.54, 1.807) is 6.08 Å². The number of aliphatic hydroxyl groups is 1. The van der Waals surface area contributed by atoms with E-state index in [4.69, 9.17) is 14.6 Å². The average Bonchev–Trinajstić information content (AvgIpc) is 3.61. The van der Waals surface area contributed by atoms with E-state index in [1.165, 1.54) is 0 Å². The van der Waals surface area contributed by atoms with Crippen molar-refractivity contribution in [3.05, 3.63) is 84.1 Å². The second kappa shape index (κ2) is 10.8. The maximum Gasteiger partial charge on any atom is 0.227 e. The van der Waals surface area contributed by atoms with E-state index in [0.29, 0.717) is 38.2 Å². The molecule has 0 aliphatic heterocycles. The third-order valence-electron chi connectivity index (χ3n) is 5.76. The molecule has 1 aliphatic carbocycles. The zero-order valence-corrected chi connectivity index (χ0v) is 19.5. The minimum absolute atomic E-state index is 0.296. The van der Waals surface area contributed by atoms with Crippen LogP contribution in [0.25, 0.3) is 5.69 Å². The van der Waals surface area contributed by atoms with E-state index < -0.39 is 6.10 Å². The van der Waals surface area contributed by atoms with Crippen LogP contribution in [-0.2, 0) is 11.3 Å². The summed E-state index contributed by atoms with van der Waals surface area (Å²) in [4.78, 5) is 2.32. The Morgan fingerprint density at radius 2 is 1.97 bits per heavy atom. The van der Waals surface area contributed by atoms with Crippen LogP contribution >= 0.6 is 0 Å². The highest BCUT2D eigenvalue weighted by Gasteiger charge is 2.32. The van der Waals surface area contributed by atoms with Gasteiger partial charge in [0.25, 0.3) is 0 Å². The molecule has 1 N–H and O–H groups in total. The highest BCUT2D eigenvalue weighted by molar-refractivity contribution is 5.43. The van der Waals surface area contributed by atoms with Crippen molar-refractivity contribution >= 4 is 0 Å². The molecule has 6 nitrogen and oxygen atoms in total. The molecule has 0 unspecified atom stereocenters. The molecule has 6 heteroatoms. The monoisotopic (exact) mass is 447 g/mol. The van der Waals surface area contributed by atoms with Gasteiger partial charge in [0.15, 0.2) is 0 Å². The van der Waals surface area contributed by atoms with Crippen molar-refractivity contribution in [2.75, 3.05) is 19.8 Å². The second-order valence-corrected chi connectivity index (χ2v) is 8.68. The molecule has 1 aromatic heterocycles. The summed E-state index contributed by atoms with van der Waals surface area (Å²) >= 11 is 0. The lowest BCUT2D eigenvalue weighted by Crippen LogP contribution is -2.36. The Balaban J connectivity index is 1.63. The number of ether oxygens (including phenoxy) is 2. The molecule has 1 heterocycles. The quantitative estimate of drug-likeness (QED) is 0.319. The van der Waals surface area contributed by atoms with Crippen LogP contribution in [-0.4, -0.2) is 51.7 Å². The van der Waals surface area contributed by atoms with Crippen molar-refractivity contribution in [3.63, 3.8) is 0 Å². The van der Waals surface area contributed by atoms with Gasteiger partial charge in [0.2, 0.25) is 5.88 Å². The lowest BCUT2D eigenvalue weighted by atomic mass is 10.2. The van der Waals surface area contributed by atoms with Gasteiger partial charge in [-0.1, -0.05) is 36.4 Å². The lowest BCUT2D eigenvalue weighted by Gasteiger charge is -2.25. The molecule has 1 aliphatic rings. The Kier molecular flexibility index (Phi) is 7.60. The Bertz CT molecular complexity index is 1060. The van der Waals surface area contributed by atoms with Gasteiger partial charge in [-0.2, -0.15) is 5.10 Å². The Labute approximate surface area is 196 Å². The summed E-state index contributed by atoms with van der Waals surface area (Å²) in [6, 6.07) is 18.6. The second-order valence-electron chi connectivity index (χ2n) is 8.68. The van der Waals surface area contributed by atoms with Gasteiger partial charge in [-0.25, -0.2) is 4.68 Å². The molecule has 0 bridgehead atoms. The predicted molar refractivity (Wildman–Crippen MR) is 130 cm³/mol. The topological polar surface area (TPSA) is 59.8 Å². The fraction of sp³-hybridized carbons (Fsp3) is 0.370. The largest absolute Gasteiger partial charge is 0.439 e. The maximum atomic E-state index is 10.5. The molecule has 0 spiro atoms. The summed E-state index contributed by atoms with van der Waals surface area (Å²) in [7, 11) is 0. The normalized spacial score (nSPS) is 14.4. The van der Waals surface area contributed by atoms with E-state index in [1.807, 2.05) is 60.1 Å². The molecule has 1 saturated carbocycles. The van der Waals surface area contributed by atoms with E-state index in [2.05, 4.69) is 24.5 Å². The van der Waals surface area contributed by atoms with Crippen LogP contribution < -0.4 is 4.74 Å². The van der Waals surface area contributed by atoms with Crippen LogP contribution in [0.5, 0.6) is 11.6 Å². The molecule has 1 fully saturated rings. The third-order valence-corrected chi connectivity index (χ3v) is 5.76. The molecule has 0 radical (unpaired) electrons. The Hall–Kier alpha value is -2.93. The van der Waals surface area contributed by atoms with Crippen LogP contribution in [0.1, 0.15) is 29.7 Å².